The second kappa shape index (κ2) is 5.14. The van der Waals surface area contributed by atoms with Gasteiger partial charge in [0.05, 0.1) is 6.61 Å². The van der Waals surface area contributed by atoms with Crippen LogP contribution >= 0.6 is 0 Å². The first kappa shape index (κ1) is 16.6. The zero-order chi connectivity index (χ0) is 16.9. The van der Waals surface area contributed by atoms with Crippen molar-refractivity contribution >= 4 is 5.82 Å². The maximum absolute atomic E-state index is 13.8. The molecule has 2 heterocycles. The minimum absolute atomic E-state index is 0.0374. The second-order valence-corrected chi connectivity index (χ2v) is 4.56. The van der Waals surface area contributed by atoms with Gasteiger partial charge in [0, 0.05) is 6.20 Å². The third-order valence-electron chi connectivity index (χ3n) is 3.10. The van der Waals surface area contributed by atoms with Gasteiger partial charge >= 0.3 is 17.8 Å². The summed E-state index contributed by atoms with van der Waals surface area (Å²) in [6.45, 7) is -1.02. The van der Waals surface area contributed by atoms with Gasteiger partial charge in [0.15, 0.2) is 6.10 Å². The lowest BCUT2D eigenvalue weighted by Gasteiger charge is -2.22. The molecule has 0 saturated carbocycles. The number of ether oxygens (including phenoxy) is 1. The Bertz CT molecular complexity index is 632. The number of aliphatic hydroxyl groups is 2. The van der Waals surface area contributed by atoms with E-state index in [0.29, 0.717) is 0 Å². The molecular formula is C10H10F5N3O4. The summed E-state index contributed by atoms with van der Waals surface area (Å²) in [4.78, 5) is 14.4. The Morgan fingerprint density at radius 3 is 2.50 bits per heavy atom. The molecule has 124 valence electrons. The van der Waals surface area contributed by atoms with Crippen LogP contribution in [0.4, 0.5) is 27.8 Å². The highest BCUT2D eigenvalue weighted by molar-refractivity contribution is 5.39. The van der Waals surface area contributed by atoms with E-state index in [1.54, 1.807) is 0 Å². The average Bonchev–Trinajstić information content (AvgIpc) is 2.60. The number of nitrogens with two attached hydrogens (primary N) is 1. The first-order valence-electron chi connectivity index (χ1n) is 5.78. The third-order valence-corrected chi connectivity index (χ3v) is 3.10. The van der Waals surface area contributed by atoms with Gasteiger partial charge in [0.25, 0.3) is 0 Å². The maximum Gasteiger partial charge on any atom is 0.421 e. The van der Waals surface area contributed by atoms with Crippen molar-refractivity contribution in [2.75, 3.05) is 12.3 Å². The van der Waals surface area contributed by atoms with Crippen molar-refractivity contribution in [3.8, 4) is 0 Å². The molecule has 1 aliphatic heterocycles. The fraction of sp³-hybridized carbons (Fsp3) is 0.600. The number of hydrogen-bond acceptors (Lipinski definition) is 6. The molecule has 1 aromatic rings. The van der Waals surface area contributed by atoms with E-state index in [-0.39, 0.29) is 10.8 Å². The molecule has 1 saturated heterocycles. The quantitative estimate of drug-likeness (QED) is 0.644. The van der Waals surface area contributed by atoms with E-state index in [0.717, 1.165) is 0 Å². The lowest BCUT2D eigenvalue weighted by Crippen LogP contribution is -2.42. The molecule has 0 spiro atoms. The Hall–Kier alpha value is -1.79. The normalized spacial score (nSPS) is 28.0. The zero-order valence-electron chi connectivity index (χ0n) is 10.6. The largest absolute Gasteiger partial charge is 0.421 e. The van der Waals surface area contributed by atoms with Crippen LogP contribution in [-0.2, 0) is 10.9 Å². The third kappa shape index (κ3) is 2.53. The van der Waals surface area contributed by atoms with Crippen molar-refractivity contribution < 1.29 is 36.9 Å². The summed E-state index contributed by atoms with van der Waals surface area (Å²) in [6.07, 6.45) is -11.8. The molecule has 0 amide bonds. The predicted molar refractivity (Wildman–Crippen MR) is 59.9 cm³/mol. The molecule has 7 nitrogen and oxygen atoms in total. The smallest absolute Gasteiger partial charge is 0.394 e. The lowest BCUT2D eigenvalue weighted by molar-refractivity contribution is -0.147. The van der Waals surface area contributed by atoms with E-state index in [9.17, 15) is 31.9 Å². The molecule has 1 aliphatic rings. The van der Waals surface area contributed by atoms with Gasteiger partial charge in [-0.2, -0.15) is 26.9 Å². The molecule has 1 aromatic heterocycles. The number of nitrogens with zero attached hydrogens (tertiary/aromatic N) is 2. The number of aromatic nitrogens is 2. The van der Waals surface area contributed by atoms with Crippen molar-refractivity contribution in [1.29, 1.82) is 0 Å². The molecule has 22 heavy (non-hydrogen) atoms. The monoisotopic (exact) mass is 331 g/mol. The van der Waals surface area contributed by atoms with E-state index in [4.69, 9.17) is 10.8 Å². The van der Waals surface area contributed by atoms with Crippen LogP contribution in [0.1, 0.15) is 11.8 Å². The van der Waals surface area contributed by atoms with Gasteiger partial charge in [-0.3, -0.25) is 4.57 Å². The molecule has 0 bridgehead atoms. The second-order valence-electron chi connectivity index (χ2n) is 4.56. The number of hydrogen-bond donors (Lipinski definition) is 3. The maximum atomic E-state index is 13.8. The van der Waals surface area contributed by atoms with Crippen LogP contribution in [0.5, 0.6) is 0 Å². The van der Waals surface area contributed by atoms with E-state index in [2.05, 4.69) is 9.72 Å². The summed E-state index contributed by atoms with van der Waals surface area (Å²) >= 11 is 0. The van der Waals surface area contributed by atoms with Crippen molar-refractivity contribution in [2.45, 2.75) is 30.5 Å². The Kier molecular flexibility index (Phi) is 3.87. The SMILES string of the molecule is Nc1nc(=O)n(C2OC(CO)C(O)C2(F)F)cc1C(F)(F)F. The van der Waals surface area contributed by atoms with Gasteiger partial charge in [0.2, 0.25) is 6.23 Å². The molecule has 1 fully saturated rings. The van der Waals surface area contributed by atoms with Crippen LogP contribution in [0.15, 0.2) is 11.0 Å². The van der Waals surface area contributed by atoms with Crippen LogP contribution in [0.3, 0.4) is 0 Å². The first-order chi connectivity index (χ1) is 10.00. The number of anilines is 1. The van der Waals surface area contributed by atoms with E-state index in [1.165, 1.54) is 0 Å². The molecule has 0 radical (unpaired) electrons. The summed E-state index contributed by atoms with van der Waals surface area (Å²) < 4.78 is 70.3. The van der Waals surface area contributed by atoms with Crippen LogP contribution in [-0.4, -0.2) is 44.5 Å². The molecule has 2 rings (SSSR count). The van der Waals surface area contributed by atoms with Gasteiger partial charge in [-0.05, 0) is 0 Å². The zero-order valence-corrected chi connectivity index (χ0v) is 10.6. The van der Waals surface area contributed by atoms with Crippen molar-refractivity contribution in [1.82, 2.24) is 9.55 Å². The summed E-state index contributed by atoms with van der Waals surface area (Å²) in [7, 11) is 0. The number of rotatable bonds is 2. The number of nitrogen functional groups attached to an aromatic ring is 1. The Morgan fingerprint density at radius 2 is 2.05 bits per heavy atom. The van der Waals surface area contributed by atoms with Gasteiger partial charge in [-0.25, -0.2) is 4.79 Å². The minimum Gasteiger partial charge on any atom is -0.394 e. The standard InChI is InChI=1S/C10H10F5N3O4/c11-9(12)5(20)4(2-19)22-7(9)18-1-3(10(13,14)15)6(16)17-8(18)21/h1,4-5,7,19-20H,2H2,(H2,16,17,21). The fourth-order valence-electron chi connectivity index (χ4n) is 1.99. The summed E-state index contributed by atoms with van der Waals surface area (Å²) in [5.74, 6) is -5.29. The number of aliphatic hydroxyl groups excluding tert-OH is 2. The molecule has 4 N–H and O–H groups in total. The van der Waals surface area contributed by atoms with Crippen LogP contribution < -0.4 is 11.4 Å². The minimum atomic E-state index is -5.03. The van der Waals surface area contributed by atoms with Gasteiger partial charge in [-0.15, -0.1) is 0 Å². The summed E-state index contributed by atoms with van der Waals surface area (Å²) in [5.41, 5.74) is 1.85. The first-order valence-corrected chi connectivity index (χ1v) is 5.78. The highest BCUT2D eigenvalue weighted by Gasteiger charge is 2.59. The number of halogens is 5. The topological polar surface area (TPSA) is 111 Å². The molecule has 3 unspecified atom stereocenters. The molecule has 12 heteroatoms. The van der Waals surface area contributed by atoms with Gasteiger partial charge in [0.1, 0.15) is 17.5 Å². The van der Waals surface area contributed by atoms with E-state index >= 15 is 0 Å². The predicted octanol–water partition coefficient (Wildman–Crippen LogP) is -0.270. The molecule has 3 atom stereocenters. The lowest BCUT2D eigenvalue weighted by atomic mass is 10.1. The van der Waals surface area contributed by atoms with Crippen molar-refractivity contribution in [2.24, 2.45) is 0 Å². The van der Waals surface area contributed by atoms with Crippen LogP contribution in [0.25, 0.3) is 0 Å². The Morgan fingerprint density at radius 1 is 1.45 bits per heavy atom. The summed E-state index contributed by atoms with van der Waals surface area (Å²) in [5, 5.41) is 18.1. The van der Waals surface area contributed by atoms with Crippen molar-refractivity contribution in [3.63, 3.8) is 0 Å². The average molecular weight is 331 g/mol. The fourth-order valence-corrected chi connectivity index (χ4v) is 1.99. The number of alkyl halides is 5. The molecule has 0 aliphatic carbocycles. The molecular weight excluding hydrogens is 321 g/mol. The highest BCUT2D eigenvalue weighted by atomic mass is 19.4. The Balaban J connectivity index is 2.56. The van der Waals surface area contributed by atoms with Gasteiger partial charge in [-0.1, -0.05) is 0 Å². The Labute approximate surface area is 118 Å². The molecule has 0 aromatic carbocycles. The summed E-state index contributed by atoms with van der Waals surface area (Å²) in [6, 6.07) is 0. The van der Waals surface area contributed by atoms with Crippen LogP contribution in [0, 0.1) is 0 Å². The van der Waals surface area contributed by atoms with E-state index in [1.807, 2.05) is 0 Å². The van der Waals surface area contributed by atoms with E-state index < -0.39 is 54.2 Å². The van der Waals surface area contributed by atoms with Gasteiger partial charge < -0.3 is 20.7 Å². The highest BCUT2D eigenvalue weighted by Crippen LogP contribution is 2.42. The van der Waals surface area contributed by atoms with Crippen molar-refractivity contribution in [3.05, 3.63) is 22.2 Å². The van der Waals surface area contributed by atoms with Crippen LogP contribution in [0.2, 0.25) is 0 Å².